The highest BCUT2D eigenvalue weighted by Gasteiger charge is 2.07. The van der Waals surface area contributed by atoms with Crippen LogP contribution in [0.4, 0.5) is 5.69 Å². The van der Waals surface area contributed by atoms with Crippen molar-refractivity contribution >= 4 is 17.6 Å². The number of carbonyl (C=O) groups is 2. The van der Waals surface area contributed by atoms with Crippen molar-refractivity contribution < 1.29 is 19.4 Å². The van der Waals surface area contributed by atoms with Gasteiger partial charge in [0.05, 0.1) is 6.54 Å². The molecule has 2 aromatic rings. The van der Waals surface area contributed by atoms with E-state index >= 15 is 0 Å². The van der Waals surface area contributed by atoms with Crippen LogP contribution < -0.4 is 10.1 Å². The maximum absolute atomic E-state index is 11.9. The van der Waals surface area contributed by atoms with Gasteiger partial charge in [-0.15, -0.1) is 0 Å². The van der Waals surface area contributed by atoms with E-state index in [9.17, 15) is 9.59 Å². The van der Waals surface area contributed by atoms with Gasteiger partial charge in [0.25, 0.3) is 0 Å². The molecule has 2 N–H and O–H groups in total. The fourth-order valence-electron chi connectivity index (χ4n) is 1.79. The van der Waals surface area contributed by atoms with Crippen LogP contribution in [0.25, 0.3) is 0 Å². The Balaban J connectivity index is 1.89. The first-order valence-electron chi connectivity index (χ1n) is 6.62. The summed E-state index contributed by atoms with van der Waals surface area (Å²) in [6, 6.07) is 4.97. The van der Waals surface area contributed by atoms with E-state index in [1.807, 2.05) is 0 Å². The van der Waals surface area contributed by atoms with Gasteiger partial charge < -0.3 is 15.2 Å². The summed E-state index contributed by atoms with van der Waals surface area (Å²) < 4.78 is 6.65. The Morgan fingerprint density at radius 1 is 1.41 bits per heavy atom. The molecule has 22 heavy (non-hydrogen) atoms. The minimum Gasteiger partial charge on any atom is -0.482 e. The zero-order valence-electron chi connectivity index (χ0n) is 12.0. The molecule has 0 atom stereocenters. The number of aromatic nitrogens is 3. The molecule has 0 fully saturated rings. The second-order valence-corrected chi connectivity index (χ2v) is 4.62. The normalized spacial score (nSPS) is 10.2. The SMILES string of the molecule is Cc1cc(OCC(=O)O)ccc1NC(=O)CCn1cncn1. The molecule has 0 unspecified atom stereocenters. The number of carbonyl (C=O) groups excluding carboxylic acids is 1. The second kappa shape index (κ2) is 7.21. The van der Waals surface area contributed by atoms with Crippen LogP contribution in [-0.2, 0) is 16.1 Å². The summed E-state index contributed by atoms with van der Waals surface area (Å²) in [5.74, 6) is -0.735. The van der Waals surface area contributed by atoms with Crippen LogP contribution in [0, 0.1) is 6.92 Å². The zero-order chi connectivity index (χ0) is 15.9. The van der Waals surface area contributed by atoms with Gasteiger partial charge in [-0.25, -0.2) is 9.78 Å². The summed E-state index contributed by atoms with van der Waals surface area (Å²) in [5.41, 5.74) is 1.45. The summed E-state index contributed by atoms with van der Waals surface area (Å²) in [6.07, 6.45) is 3.24. The number of benzene rings is 1. The van der Waals surface area contributed by atoms with Gasteiger partial charge in [0.1, 0.15) is 18.4 Å². The van der Waals surface area contributed by atoms with Crippen molar-refractivity contribution in [2.45, 2.75) is 19.9 Å². The minimum absolute atomic E-state index is 0.141. The van der Waals surface area contributed by atoms with Crippen molar-refractivity contribution in [1.82, 2.24) is 14.8 Å². The lowest BCUT2D eigenvalue weighted by Crippen LogP contribution is -2.15. The Labute approximate surface area is 126 Å². The molecule has 0 saturated heterocycles. The van der Waals surface area contributed by atoms with Crippen LogP contribution >= 0.6 is 0 Å². The highest BCUT2D eigenvalue weighted by molar-refractivity contribution is 5.91. The number of ether oxygens (including phenoxy) is 1. The number of amides is 1. The van der Waals surface area contributed by atoms with Crippen LogP contribution in [0.15, 0.2) is 30.9 Å². The first-order chi connectivity index (χ1) is 10.5. The smallest absolute Gasteiger partial charge is 0.341 e. The van der Waals surface area contributed by atoms with Crippen molar-refractivity contribution in [3.63, 3.8) is 0 Å². The average molecular weight is 304 g/mol. The van der Waals surface area contributed by atoms with E-state index in [2.05, 4.69) is 15.4 Å². The molecule has 0 aliphatic rings. The fraction of sp³-hybridized carbons (Fsp3) is 0.286. The van der Waals surface area contributed by atoms with Gasteiger partial charge in [-0.2, -0.15) is 5.10 Å². The van der Waals surface area contributed by atoms with Gasteiger partial charge >= 0.3 is 5.97 Å². The Hall–Kier alpha value is -2.90. The van der Waals surface area contributed by atoms with Crippen molar-refractivity contribution in [3.05, 3.63) is 36.4 Å². The molecule has 0 saturated carbocycles. The van der Waals surface area contributed by atoms with Crippen LogP contribution in [0.2, 0.25) is 0 Å². The third kappa shape index (κ3) is 4.58. The number of anilines is 1. The molecule has 0 aliphatic heterocycles. The largest absolute Gasteiger partial charge is 0.482 e. The number of aliphatic carboxylic acids is 1. The van der Waals surface area contributed by atoms with E-state index in [1.165, 1.54) is 6.33 Å². The van der Waals surface area contributed by atoms with Crippen LogP contribution in [-0.4, -0.2) is 38.4 Å². The molecule has 1 aromatic heterocycles. The van der Waals surface area contributed by atoms with E-state index in [4.69, 9.17) is 9.84 Å². The molecule has 0 aliphatic carbocycles. The van der Waals surface area contributed by atoms with Crippen LogP contribution in [0.1, 0.15) is 12.0 Å². The van der Waals surface area contributed by atoms with Gasteiger partial charge in [0.2, 0.25) is 5.91 Å². The Kier molecular flexibility index (Phi) is 5.07. The summed E-state index contributed by atoms with van der Waals surface area (Å²) in [6.45, 7) is 1.86. The molecule has 0 spiro atoms. The molecule has 1 heterocycles. The van der Waals surface area contributed by atoms with Gasteiger partial charge in [-0.1, -0.05) is 0 Å². The predicted molar refractivity (Wildman–Crippen MR) is 77.6 cm³/mol. The van der Waals surface area contributed by atoms with E-state index < -0.39 is 12.6 Å². The quantitative estimate of drug-likeness (QED) is 0.792. The monoisotopic (exact) mass is 304 g/mol. The highest BCUT2D eigenvalue weighted by Crippen LogP contribution is 2.21. The standard InChI is InChI=1S/C14H16N4O4/c1-10-6-11(22-7-14(20)21)2-3-12(10)17-13(19)4-5-18-9-15-8-16-18/h2-3,6,8-9H,4-5,7H2,1H3,(H,17,19)(H,20,21). The molecule has 116 valence electrons. The topological polar surface area (TPSA) is 106 Å². The average Bonchev–Trinajstić information content (AvgIpc) is 2.99. The summed E-state index contributed by atoms with van der Waals surface area (Å²) >= 11 is 0. The van der Waals surface area contributed by atoms with Crippen molar-refractivity contribution in [2.24, 2.45) is 0 Å². The maximum atomic E-state index is 11.9. The molecular formula is C14H16N4O4. The van der Waals surface area contributed by atoms with Crippen molar-refractivity contribution in [2.75, 3.05) is 11.9 Å². The number of aryl methyl sites for hydroxylation is 2. The fourth-order valence-corrected chi connectivity index (χ4v) is 1.79. The molecule has 0 radical (unpaired) electrons. The van der Waals surface area contributed by atoms with E-state index in [-0.39, 0.29) is 12.3 Å². The number of carboxylic acids is 1. The van der Waals surface area contributed by atoms with E-state index in [0.29, 0.717) is 18.0 Å². The number of nitrogens with one attached hydrogen (secondary N) is 1. The van der Waals surface area contributed by atoms with E-state index in [0.717, 1.165) is 5.56 Å². The Bertz CT molecular complexity index is 655. The van der Waals surface area contributed by atoms with Gasteiger partial charge in [0.15, 0.2) is 6.61 Å². The zero-order valence-corrected chi connectivity index (χ0v) is 12.0. The number of nitrogens with zero attached hydrogens (tertiary/aromatic N) is 3. The second-order valence-electron chi connectivity index (χ2n) is 4.62. The molecule has 0 bridgehead atoms. The maximum Gasteiger partial charge on any atom is 0.341 e. The lowest BCUT2D eigenvalue weighted by molar-refractivity contribution is -0.139. The molecular weight excluding hydrogens is 288 g/mol. The lowest BCUT2D eigenvalue weighted by atomic mass is 10.2. The number of carboxylic acid groups (broad SMARTS) is 1. The number of rotatable bonds is 7. The third-order valence-corrected chi connectivity index (χ3v) is 2.87. The van der Waals surface area contributed by atoms with Crippen LogP contribution in [0.5, 0.6) is 5.75 Å². The van der Waals surface area contributed by atoms with Gasteiger partial charge in [-0.3, -0.25) is 9.48 Å². The first-order valence-corrected chi connectivity index (χ1v) is 6.62. The number of hydrogen-bond donors (Lipinski definition) is 2. The highest BCUT2D eigenvalue weighted by atomic mass is 16.5. The number of hydrogen-bond acceptors (Lipinski definition) is 5. The lowest BCUT2D eigenvalue weighted by Gasteiger charge is -2.10. The minimum atomic E-state index is -1.04. The summed E-state index contributed by atoms with van der Waals surface area (Å²) in [5, 5.41) is 15.3. The molecule has 2 rings (SSSR count). The molecule has 8 nitrogen and oxygen atoms in total. The predicted octanol–water partition coefficient (Wildman–Crippen LogP) is 1.08. The third-order valence-electron chi connectivity index (χ3n) is 2.87. The van der Waals surface area contributed by atoms with Crippen molar-refractivity contribution in [3.8, 4) is 5.75 Å². The molecule has 1 aromatic carbocycles. The van der Waals surface area contributed by atoms with Gasteiger partial charge in [-0.05, 0) is 30.7 Å². The molecule has 1 amide bonds. The van der Waals surface area contributed by atoms with Crippen molar-refractivity contribution in [1.29, 1.82) is 0 Å². The Morgan fingerprint density at radius 3 is 2.86 bits per heavy atom. The summed E-state index contributed by atoms with van der Waals surface area (Å²) in [4.78, 5) is 26.1. The van der Waals surface area contributed by atoms with E-state index in [1.54, 1.807) is 36.1 Å². The first kappa shape index (κ1) is 15.5. The Morgan fingerprint density at radius 2 is 2.23 bits per heavy atom. The van der Waals surface area contributed by atoms with Gasteiger partial charge in [0, 0.05) is 12.1 Å². The van der Waals surface area contributed by atoms with Crippen LogP contribution in [0.3, 0.4) is 0 Å². The molecule has 8 heteroatoms. The summed E-state index contributed by atoms with van der Waals surface area (Å²) in [7, 11) is 0.